The molecular formula is C14H13N. The molecule has 0 amide bonds. The third-order valence-electron chi connectivity index (χ3n) is 2.73. The first-order valence-corrected chi connectivity index (χ1v) is 5.01. The zero-order chi connectivity index (χ0) is 10.3. The summed E-state index contributed by atoms with van der Waals surface area (Å²) in [6, 6.07) is 18.8. The zero-order valence-corrected chi connectivity index (χ0v) is 8.27. The predicted molar refractivity (Wildman–Crippen MR) is 68.0 cm³/mol. The number of rotatable bonds is 0. The predicted octanol–water partition coefficient (Wildman–Crippen LogP) is 3.82. The topological polar surface area (TPSA) is 26.0 Å². The summed E-state index contributed by atoms with van der Waals surface area (Å²) < 4.78 is 0. The molecule has 0 heterocycles. The number of hydrogen-bond donors (Lipinski definition) is 1. The summed E-state index contributed by atoms with van der Waals surface area (Å²) >= 11 is 0. The van der Waals surface area contributed by atoms with Gasteiger partial charge in [-0.1, -0.05) is 30.3 Å². The summed E-state index contributed by atoms with van der Waals surface area (Å²) in [5, 5.41) is 4.97. The van der Waals surface area contributed by atoms with E-state index in [-0.39, 0.29) is 1.43 Å². The quantitative estimate of drug-likeness (QED) is 0.428. The second-order valence-electron chi connectivity index (χ2n) is 3.81. The van der Waals surface area contributed by atoms with Crippen LogP contribution in [0.25, 0.3) is 21.5 Å². The molecule has 15 heavy (non-hydrogen) atoms. The van der Waals surface area contributed by atoms with Crippen LogP contribution in [0.4, 0.5) is 5.69 Å². The standard InChI is InChI=1S/C14H11N.H2/c15-14-6-5-12-7-10-3-1-2-4-11(10)8-13(12)9-14;/h1-9H,15H2;1H. The van der Waals surface area contributed by atoms with E-state index < -0.39 is 0 Å². The largest absolute Gasteiger partial charge is 0.399 e. The monoisotopic (exact) mass is 195 g/mol. The lowest BCUT2D eigenvalue weighted by molar-refractivity contribution is 1.74. The van der Waals surface area contributed by atoms with Crippen molar-refractivity contribution >= 4 is 27.2 Å². The second kappa shape index (κ2) is 2.99. The van der Waals surface area contributed by atoms with Crippen molar-refractivity contribution in [1.82, 2.24) is 0 Å². The van der Waals surface area contributed by atoms with E-state index in [1.165, 1.54) is 21.5 Å². The molecule has 3 rings (SSSR count). The van der Waals surface area contributed by atoms with E-state index in [0.29, 0.717) is 0 Å². The summed E-state index contributed by atoms with van der Waals surface area (Å²) in [7, 11) is 0. The molecule has 0 aliphatic carbocycles. The maximum Gasteiger partial charge on any atom is 0.0320 e. The smallest absolute Gasteiger partial charge is 0.0320 e. The summed E-state index contributed by atoms with van der Waals surface area (Å²) in [5.41, 5.74) is 6.59. The molecule has 3 aromatic rings. The summed E-state index contributed by atoms with van der Waals surface area (Å²) in [6.45, 7) is 0. The van der Waals surface area contributed by atoms with Crippen LogP contribution in [0, 0.1) is 0 Å². The molecule has 74 valence electrons. The lowest BCUT2D eigenvalue weighted by Crippen LogP contribution is -1.83. The van der Waals surface area contributed by atoms with Crippen molar-refractivity contribution in [3.05, 3.63) is 54.6 Å². The number of anilines is 1. The van der Waals surface area contributed by atoms with Gasteiger partial charge in [-0.25, -0.2) is 0 Å². The molecule has 0 saturated heterocycles. The Morgan fingerprint density at radius 3 is 2.00 bits per heavy atom. The van der Waals surface area contributed by atoms with Gasteiger partial charge in [-0.15, -0.1) is 0 Å². The first kappa shape index (κ1) is 8.30. The van der Waals surface area contributed by atoms with Gasteiger partial charge in [0.1, 0.15) is 0 Å². The molecule has 0 spiro atoms. The van der Waals surface area contributed by atoms with E-state index in [0.717, 1.165) is 5.69 Å². The van der Waals surface area contributed by atoms with Crippen LogP contribution in [0.3, 0.4) is 0 Å². The summed E-state index contributed by atoms with van der Waals surface area (Å²) in [4.78, 5) is 0. The SMILES string of the molecule is Nc1ccc2cc3ccccc3cc2c1.[HH]. The Morgan fingerprint density at radius 1 is 0.667 bits per heavy atom. The maximum absolute atomic E-state index is 5.77. The van der Waals surface area contributed by atoms with Crippen LogP contribution in [-0.2, 0) is 0 Å². The van der Waals surface area contributed by atoms with E-state index >= 15 is 0 Å². The molecule has 1 nitrogen and oxygen atoms in total. The molecule has 3 aromatic carbocycles. The van der Waals surface area contributed by atoms with Gasteiger partial charge >= 0.3 is 0 Å². The molecule has 0 unspecified atom stereocenters. The van der Waals surface area contributed by atoms with Crippen LogP contribution in [0.5, 0.6) is 0 Å². The van der Waals surface area contributed by atoms with Gasteiger partial charge in [-0.2, -0.15) is 0 Å². The Hall–Kier alpha value is -2.02. The Morgan fingerprint density at radius 2 is 1.27 bits per heavy atom. The lowest BCUT2D eigenvalue weighted by Gasteiger charge is -2.02. The van der Waals surface area contributed by atoms with Crippen molar-refractivity contribution in [3.8, 4) is 0 Å². The van der Waals surface area contributed by atoms with Crippen molar-refractivity contribution in [1.29, 1.82) is 0 Å². The molecular weight excluding hydrogens is 182 g/mol. The average molecular weight is 195 g/mol. The zero-order valence-electron chi connectivity index (χ0n) is 8.27. The van der Waals surface area contributed by atoms with Gasteiger partial charge in [0.05, 0.1) is 0 Å². The molecule has 0 radical (unpaired) electrons. The molecule has 0 aliphatic heterocycles. The first-order valence-electron chi connectivity index (χ1n) is 5.01. The molecule has 0 aliphatic rings. The van der Waals surface area contributed by atoms with Crippen molar-refractivity contribution < 1.29 is 1.43 Å². The third kappa shape index (κ3) is 1.33. The van der Waals surface area contributed by atoms with Crippen LogP contribution in [0.15, 0.2) is 54.6 Å². The van der Waals surface area contributed by atoms with Crippen LogP contribution in [0.2, 0.25) is 0 Å². The minimum absolute atomic E-state index is 0. The van der Waals surface area contributed by atoms with E-state index in [2.05, 4.69) is 42.5 Å². The minimum Gasteiger partial charge on any atom is -0.399 e. The average Bonchev–Trinajstić information content (AvgIpc) is 2.26. The van der Waals surface area contributed by atoms with Crippen molar-refractivity contribution in [3.63, 3.8) is 0 Å². The highest BCUT2D eigenvalue weighted by Gasteiger charge is 1.97. The first-order chi connectivity index (χ1) is 7.33. The molecule has 2 N–H and O–H groups in total. The Balaban J connectivity index is 0.000000963. The lowest BCUT2D eigenvalue weighted by atomic mass is 10.0. The van der Waals surface area contributed by atoms with Gasteiger partial charge in [0.25, 0.3) is 0 Å². The summed E-state index contributed by atoms with van der Waals surface area (Å²) in [6.07, 6.45) is 0. The van der Waals surface area contributed by atoms with Crippen LogP contribution in [-0.4, -0.2) is 0 Å². The van der Waals surface area contributed by atoms with E-state index in [4.69, 9.17) is 5.73 Å². The molecule has 0 aromatic heterocycles. The molecule has 0 atom stereocenters. The van der Waals surface area contributed by atoms with Gasteiger partial charge in [0.15, 0.2) is 0 Å². The Labute approximate surface area is 89.6 Å². The fourth-order valence-corrected chi connectivity index (χ4v) is 1.96. The van der Waals surface area contributed by atoms with Gasteiger partial charge in [0, 0.05) is 7.11 Å². The number of nitrogen functional groups attached to an aromatic ring is 1. The minimum atomic E-state index is 0. The van der Waals surface area contributed by atoms with Gasteiger partial charge in [-0.05, 0) is 45.8 Å². The highest BCUT2D eigenvalue weighted by molar-refractivity contribution is 5.99. The molecule has 0 bridgehead atoms. The molecule has 0 fully saturated rings. The third-order valence-corrected chi connectivity index (χ3v) is 2.73. The van der Waals surface area contributed by atoms with Gasteiger partial charge < -0.3 is 5.73 Å². The van der Waals surface area contributed by atoms with Gasteiger partial charge in [-0.3, -0.25) is 0 Å². The van der Waals surface area contributed by atoms with Crippen LogP contribution >= 0.6 is 0 Å². The maximum atomic E-state index is 5.77. The summed E-state index contributed by atoms with van der Waals surface area (Å²) in [5.74, 6) is 0. The highest BCUT2D eigenvalue weighted by atomic mass is 14.5. The van der Waals surface area contributed by atoms with Gasteiger partial charge in [0.2, 0.25) is 0 Å². The number of fused-ring (bicyclic) bond motifs is 2. The van der Waals surface area contributed by atoms with Crippen molar-refractivity contribution in [2.45, 2.75) is 0 Å². The highest BCUT2D eigenvalue weighted by Crippen LogP contribution is 2.24. The number of hydrogen-bond acceptors (Lipinski definition) is 1. The normalized spacial score (nSPS) is 10.9. The fraction of sp³-hybridized carbons (Fsp3) is 0. The Kier molecular flexibility index (Phi) is 1.65. The van der Waals surface area contributed by atoms with Crippen molar-refractivity contribution in [2.75, 3.05) is 5.73 Å². The van der Waals surface area contributed by atoms with E-state index in [1.807, 2.05) is 12.1 Å². The van der Waals surface area contributed by atoms with Crippen molar-refractivity contribution in [2.24, 2.45) is 0 Å². The number of benzene rings is 3. The van der Waals surface area contributed by atoms with E-state index in [9.17, 15) is 0 Å². The second-order valence-corrected chi connectivity index (χ2v) is 3.81. The van der Waals surface area contributed by atoms with Crippen LogP contribution in [0.1, 0.15) is 1.43 Å². The van der Waals surface area contributed by atoms with E-state index in [1.54, 1.807) is 0 Å². The number of nitrogens with two attached hydrogens (primary N) is 1. The molecule has 1 heteroatoms. The molecule has 0 saturated carbocycles. The Bertz CT molecular complexity index is 646. The van der Waals surface area contributed by atoms with Crippen LogP contribution < -0.4 is 5.73 Å². The fourth-order valence-electron chi connectivity index (χ4n) is 1.96.